The van der Waals surface area contributed by atoms with Crippen LogP contribution in [-0.4, -0.2) is 15.0 Å². The van der Waals surface area contributed by atoms with Crippen LogP contribution < -0.4 is 0 Å². The molecule has 108 valence electrons. The Labute approximate surface area is 133 Å². The maximum atomic E-state index is 8.67. The predicted molar refractivity (Wildman–Crippen MR) is 87.2 cm³/mol. The number of benzene rings is 2. The zero-order valence-electron chi connectivity index (χ0n) is 12.1. The zero-order valence-corrected chi connectivity index (χ0v) is 12.9. The van der Waals surface area contributed by atoms with Crippen molar-refractivity contribution in [3.05, 3.63) is 65.9 Å². The molecule has 1 aromatic heterocycles. The summed E-state index contributed by atoms with van der Waals surface area (Å²) in [6.45, 7) is 2.72. The van der Waals surface area contributed by atoms with Gasteiger partial charge in [0.1, 0.15) is 5.40 Å². The first-order chi connectivity index (χ1) is 10.8. The minimum absolute atomic E-state index is 0.653. The normalized spacial score (nSPS) is 10.4. The van der Waals surface area contributed by atoms with Crippen LogP contribution in [0.2, 0.25) is 0 Å². The van der Waals surface area contributed by atoms with Crippen LogP contribution in [-0.2, 0) is 6.54 Å². The second kappa shape index (κ2) is 6.46. The van der Waals surface area contributed by atoms with Crippen LogP contribution in [0, 0.1) is 17.6 Å². The van der Waals surface area contributed by atoms with E-state index in [-0.39, 0.29) is 0 Å². The highest BCUT2D eigenvalue weighted by atomic mass is 32.2. The summed E-state index contributed by atoms with van der Waals surface area (Å²) in [6, 6.07) is 16.3. The lowest BCUT2D eigenvalue weighted by Gasteiger charge is -2.07. The molecule has 0 amide bonds. The molecule has 0 saturated heterocycles. The molecular weight excluding hydrogens is 292 g/mol. The van der Waals surface area contributed by atoms with Crippen molar-refractivity contribution in [2.24, 2.45) is 0 Å². The van der Waals surface area contributed by atoms with Crippen LogP contribution in [0.4, 0.5) is 0 Å². The standard InChI is InChI=1S/C17H14N4S/c1-13-2-6-15(7-3-13)17-10-19-20-21(17)11-14-4-8-16(9-5-14)22-12-18/h2-10H,11H2,1H3. The molecule has 3 aromatic rings. The van der Waals surface area contributed by atoms with E-state index >= 15 is 0 Å². The SMILES string of the molecule is Cc1ccc(-c2cnnn2Cc2ccc(SC#N)cc2)cc1. The molecule has 0 aliphatic rings. The van der Waals surface area contributed by atoms with Crippen LogP contribution in [0.3, 0.4) is 0 Å². The fourth-order valence-electron chi connectivity index (χ4n) is 2.21. The van der Waals surface area contributed by atoms with Gasteiger partial charge in [-0.2, -0.15) is 5.26 Å². The monoisotopic (exact) mass is 306 g/mol. The maximum Gasteiger partial charge on any atom is 0.138 e. The number of thioether (sulfide) groups is 1. The number of thiocyanates is 1. The number of aromatic nitrogens is 3. The summed E-state index contributed by atoms with van der Waals surface area (Å²) in [5, 5.41) is 19.0. The lowest BCUT2D eigenvalue weighted by molar-refractivity contribution is 0.655. The minimum atomic E-state index is 0.653. The number of nitrogens with zero attached hydrogens (tertiary/aromatic N) is 4. The van der Waals surface area contributed by atoms with Crippen LogP contribution in [0.15, 0.2) is 59.6 Å². The van der Waals surface area contributed by atoms with Crippen molar-refractivity contribution < 1.29 is 0 Å². The number of nitriles is 1. The molecule has 0 aliphatic heterocycles. The fraction of sp³-hybridized carbons (Fsp3) is 0.118. The average molecular weight is 306 g/mol. The molecule has 2 aromatic carbocycles. The third kappa shape index (κ3) is 3.18. The van der Waals surface area contributed by atoms with Gasteiger partial charge in [-0.15, -0.1) is 5.10 Å². The number of rotatable bonds is 4. The Balaban J connectivity index is 1.83. The van der Waals surface area contributed by atoms with Crippen molar-refractivity contribution in [2.45, 2.75) is 18.4 Å². The van der Waals surface area contributed by atoms with Gasteiger partial charge in [-0.25, -0.2) is 4.68 Å². The molecule has 0 spiro atoms. The third-order valence-corrected chi connectivity index (χ3v) is 3.98. The van der Waals surface area contributed by atoms with Gasteiger partial charge >= 0.3 is 0 Å². The molecule has 3 rings (SSSR count). The Morgan fingerprint density at radius 2 is 1.82 bits per heavy atom. The maximum absolute atomic E-state index is 8.67. The lowest BCUT2D eigenvalue weighted by Crippen LogP contribution is -2.04. The first-order valence-electron chi connectivity index (χ1n) is 6.86. The quantitative estimate of drug-likeness (QED) is 0.542. The topological polar surface area (TPSA) is 54.5 Å². The molecule has 0 N–H and O–H groups in total. The first kappa shape index (κ1) is 14.4. The van der Waals surface area contributed by atoms with Crippen molar-refractivity contribution in [3.8, 4) is 16.7 Å². The zero-order chi connectivity index (χ0) is 15.4. The highest BCUT2D eigenvalue weighted by Gasteiger charge is 2.07. The Hall–Kier alpha value is -2.58. The number of hydrogen-bond donors (Lipinski definition) is 0. The highest BCUT2D eigenvalue weighted by molar-refractivity contribution is 8.03. The second-order valence-corrected chi connectivity index (χ2v) is 5.84. The molecule has 0 saturated carbocycles. The van der Waals surface area contributed by atoms with E-state index in [1.807, 2.05) is 28.9 Å². The van der Waals surface area contributed by atoms with Crippen molar-refractivity contribution in [1.29, 1.82) is 5.26 Å². The summed E-state index contributed by atoms with van der Waals surface area (Å²) in [4.78, 5) is 0.948. The van der Waals surface area contributed by atoms with Crippen LogP contribution in [0.5, 0.6) is 0 Å². The Morgan fingerprint density at radius 3 is 2.50 bits per heavy atom. The molecule has 5 heteroatoms. The van der Waals surface area contributed by atoms with E-state index in [0.29, 0.717) is 6.54 Å². The fourth-order valence-corrected chi connectivity index (χ4v) is 2.59. The van der Waals surface area contributed by atoms with Gasteiger partial charge in [-0.05, 0) is 36.4 Å². The van der Waals surface area contributed by atoms with Crippen LogP contribution in [0.25, 0.3) is 11.3 Å². The largest absolute Gasteiger partial charge is 0.240 e. The van der Waals surface area contributed by atoms with Gasteiger partial charge < -0.3 is 0 Å². The van der Waals surface area contributed by atoms with Crippen LogP contribution in [0.1, 0.15) is 11.1 Å². The van der Waals surface area contributed by atoms with Crippen molar-refractivity contribution in [1.82, 2.24) is 15.0 Å². The molecular formula is C17H14N4S. The van der Waals surface area contributed by atoms with Gasteiger partial charge in [0.2, 0.25) is 0 Å². The van der Waals surface area contributed by atoms with Gasteiger partial charge in [-0.3, -0.25) is 0 Å². The minimum Gasteiger partial charge on any atom is -0.240 e. The molecule has 0 atom stereocenters. The van der Waals surface area contributed by atoms with E-state index in [2.05, 4.69) is 46.9 Å². The Kier molecular flexibility index (Phi) is 4.22. The van der Waals surface area contributed by atoms with Gasteiger partial charge in [0.25, 0.3) is 0 Å². The van der Waals surface area contributed by atoms with E-state index < -0.39 is 0 Å². The molecule has 4 nitrogen and oxygen atoms in total. The van der Waals surface area contributed by atoms with Gasteiger partial charge in [0, 0.05) is 10.5 Å². The van der Waals surface area contributed by atoms with Crippen molar-refractivity contribution in [2.75, 3.05) is 0 Å². The summed E-state index contributed by atoms with van der Waals surface area (Å²) in [5.74, 6) is 0. The summed E-state index contributed by atoms with van der Waals surface area (Å²) < 4.78 is 1.89. The second-order valence-electron chi connectivity index (χ2n) is 4.98. The molecule has 1 heterocycles. The predicted octanol–water partition coefficient (Wildman–Crippen LogP) is 3.88. The molecule has 0 radical (unpaired) electrons. The molecule has 22 heavy (non-hydrogen) atoms. The summed E-state index contributed by atoms with van der Waals surface area (Å²) >= 11 is 1.16. The summed E-state index contributed by atoms with van der Waals surface area (Å²) in [7, 11) is 0. The highest BCUT2D eigenvalue weighted by Crippen LogP contribution is 2.21. The molecule has 0 unspecified atom stereocenters. The lowest BCUT2D eigenvalue weighted by atomic mass is 10.1. The Morgan fingerprint density at radius 1 is 1.09 bits per heavy atom. The van der Waals surface area contributed by atoms with E-state index in [4.69, 9.17) is 5.26 Å². The van der Waals surface area contributed by atoms with E-state index in [9.17, 15) is 0 Å². The van der Waals surface area contributed by atoms with E-state index in [1.54, 1.807) is 6.20 Å². The summed E-state index contributed by atoms with van der Waals surface area (Å²) in [6.07, 6.45) is 1.78. The smallest absolute Gasteiger partial charge is 0.138 e. The molecule has 0 bridgehead atoms. The third-order valence-electron chi connectivity index (χ3n) is 3.38. The van der Waals surface area contributed by atoms with E-state index in [1.165, 1.54) is 5.56 Å². The van der Waals surface area contributed by atoms with E-state index in [0.717, 1.165) is 33.5 Å². The Bertz CT molecular complexity index is 798. The average Bonchev–Trinajstić information content (AvgIpc) is 2.98. The summed E-state index contributed by atoms with van der Waals surface area (Å²) in [5.41, 5.74) is 4.46. The van der Waals surface area contributed by atoms with Crippen LogP contribution >= 0.6 is 11.8 Å². The molecule has 0 aliphatic carbocycles. The number of aryl methyl sites for hydroxylation is 1. The number of hydrogen-bond acceptors (Lipinski definition) is 4. The van der Waals surface area contributed by atoms with Gasteiger partial charge in [0.05, 0.1) is 18.4 Å². The van der Waals surface area contributed by atoms with Gasteiger partial charge in [0.15, 0.2) is 0 Å². The van der Waals surface area contributed by atoms with Crippen molar-refractivity contribution in [3.63, 3.8) is 0 Å². The first-order valence-corrected chi connectivity index (χ1v) is 7.68. The molecule has 0 fully saturated rings. The van der Waals surface area contributed by atoms with Gasteiger partial charge in [-0.1, -0.05) is 47.2 Å². The van der Waals surface area contributed by atoms with Crippen molar-refractivity contribution >= 4 is 11.8 Å².